The number of benzene rings is 2. The van der Waals surface area contributed by atoms with E-state index in [0.717, 1.165) is 21.6 Å². The lowest BCUT2D eigenvalue weighted by molar-refractivity contribution is -0.132. The number of nitrogens with zero attached hydrogens (tertiary/aromatic N) is 1. The van der Waals surface area contributed by atoms with Crippen LogP contribution in [0.5, 0.6) is 5.75 Å². The monoisotopic (exact) mass is 614 g/mol. The highest BCUT2D eigenvalue weighted by atomic mass is 32.2. The van der Waals surface area contributed by atoms with Crippen molar-refractivity contribution >= 4 is 21.8 Å². The summed E-state index contributed by atoms with van der Waals surface area (Å²) in [6, 6.07) is 9.93. The maximum atomic E-state index is 13.9. The third kappa shape index (κ3) is 8.57. The third-order valence-corrected chi connectivity index (χ3v) is 9.54. The van der Waals surface area contributed by atoms with E-state index in [2.05, 4.69) is 22.5 Å². The fourth-order valence-corrected chi connectivity index (χ4v) is 7.57. The van der Waals surface area contributed by atoms with Crippen molar-refractivity contribution in [1.29, 1.82) is 0 Å². The second-order valence-corrected chi connectivity index (χ2v) is 14.3. The highest BCUT2D eigenvalue weighted by molar-refractivity contribution is 7.89. The van der Waals surface area contributed by atoms with E-state index < -0.39 is 33.8 Å². The molecule has 3 atom stereocenters. The summed E-state index contributed by atoms with van der Waals surface area (Å²) in [5.74, 6) is -0.902. The molecule has 2 aliphatic heterocycles. The zero-order valence-corrected chi connectivity index (χ0v) is 26.2. The standard InChI is InChI=1S/C32H43FN4O5S/c1-21(2)42-26-14-12-23(13-15-26)18-28(30(38)34-25-17-22(3)36-32(4,5)20-25)35-31(39)29-11-6-7-16-37(29)43(40,41)27-10-8-9-24(33)19-27/h8-10,12-15,19,21,25,28-29,36H,3,6-7,11,16-18,20H2,1-2,4-5H3,(H,34,38)(H,35,39)/t25?,28-,29-/m0/s1. The summed E-state index contributed by atoms with van der Waals surface area (Å²) < 4.78 is 47.8. The van der Waals surface area contributed by atoms with Gasteiger partial charge in [-0.05, 0) is 82.9 Å². The topological polar surface area (TPSA) is 117 Å². The molecule has 2 fully saturated rings. The smallest absolute Gasteiger partial charge is 0.243 e. The van der Waals surface area contributed by atoms with Gasteiger partial charge >= 0.3 is 0 Å². The lowest BCUT2D eigenvalue weighted by atomic mass is 9.87. The molecule has 4 rings (SSSR count). The molecule has 0 aromatic heterocycles. The average molecular weight is 615 g/mol. The fourth-order valence-electron chi connectivity index (χ4n) is 5.88. The molecule has 2 heterocycles. The highest BCUT2D eigenvalue weighted by Crippen LogP contribution is 2.27. The van der Waals surface area contributed by atoms with Gasteiger partial charge in [0.05, 0.1) is 11.0 Å². The number of carbonyl (C=O) groups excluding carboxylic acids is 2. The van der Waals surface area contributed by atoms with Crippen LogP contribution in [-0.4, -0.2) is 60.9 Å². The van der Waals surface area contributed by atoms with Crippen molar-refractivity contribution in [1.82, 2.24) is 20.3 Å². The van der Waals surface area contributed by atoms with Crippen LogP contribution in [0.15, 0.2) is 65.7 Å². The minimum absolute atomic E-state index is 0.00902. The van der Waals surface area contributed by atoms with E-state index in [4.69, 9.17) is 4.74 Å². The second kappa shape index (κ2) is 13.5. The zero-order valence-electron chi connectivity index (χ0n) is 25.4. The molecular weight excluding hydrogens is 571 g/mol. The van der Waals surface area contributed by atoms with Crippen molar-refractivity contribution in [3.8, 4) is 5.75 Å². The van der Waals surface area contributed by atoms with Crippen LogP contribution in [0.2, 0.25) is 0 Å². The predicted molar refractivity (Wildman–Crippen MR) is 163 cm³/mol. The number of nitrogens with one attached hydrogen (secondary N) is 3. The van der Waals surface area contributed by atoms with E-state index >= 15 is 0 Å². The Kier molecular flexibility index (Phi) is 10.2. The Hall–Kier alpha value is -3.44. The van der Waals surface area contributed by atoms with Crippen molar-refractivity contribution < 1.29 is 27.1 Å². The lowest BCUT2D eigenvalue weighted by Crippen LogP contribution is -2.59. The van der Waals surface area contributed by atoms with Crippen molar-refractivity contribution in [3.05, 3.63) is 72.2 Å². The molecule has 2 saturated heterocycles. The SMILES string of the molecule is C=C1CC(NC(=O)[C@H](Cc2ccc(OC(C)C)cc2)NC(=O)[C@@H]2CCCCN2S(=O)(=O)c2cccc(F)c2)CC(C)(C)N1. The molecule has 2 aromatic rings. The Bertz CT molecular complexity index is 1430. The van der Waals surface area contributed by atoms with Crippen molar-refractivity contribution in [2.45, 2.75) is 101 Å². The van der Waals surface area contributed by atoms with E-state index in [1.54, 1.807) is 0 Å². The Morgan fingerprint density at radius 1 is 1.16 bits per heavy atom. The normalized spacial score (nSPS) is 21.5. The molecule has 0 radical (unpaired) electrons. The number of sulfonamides is 1. The Morgan fingerprint density at radius 3 is 2.53 bits per heavy atom. The van der Waals surface area contributed by atoms with Gasteiger partial charge in [0, 0.05) is 36.7 Å². The van der Waals surface area contributed by atoms with Crippen molar-refractivity contribution in [2.75, 3.05) is 6.54 Å². The van der Waals surface area contributed by atoms with Gasteiger partial charge < -0.3 is 20.7 Å². The number of hydrogen-bond donors (Lipinski definition) is 3. The molecule has 11 heteroatoms. The molecule has 1 unspecified atom stereocenters. The first kappa shape index (κ1) is 32.5. The van der Waals surface area contributed by atoms with E-state index in [9.17, 15) is 22.4 Å². The van der Waals surface area contributed by atoms with Crippen molar-refractivity contribution in [2.24, 2.45) is 0 Å². The number of piperidine rings is 2. The summed E-state index contributed by atoms with van der Waals surface area (Å²) in [4.78, 5) is 27.3. The first-order chi connectivity index (χ1) is 20.2. The van der Waals surface area contributed by atoms with E-state index in [0.29, 0.717) is 31.4 Å². The van der Waals surface area contributed by atoms with Gasteiger partial charge in [-0.25, -0.2) is 12.8 Å². The summed E-state index contributed by atoms with van der Waals surface area (Å²) in [6.07, 6.45) is 2.93. The Morgan fingerprint density at radius 2 is 1.88 bits per heavy atom. The number of ether oxygens (including phenoxy) is 1. The average Bonchev–Trinajstić information content (AvgIpc) is 2.92. The van der Waals surface area contributed by atoms with Gasteiger partial charge in [0.2, 0.25) is 21.8 Å². The van der Waals surface area contributed by atoms with Crippen LogP contribution in [0.3, 0.4) is 0 Å². The molecule has 234 valence electrons. The van der Waals surface area contributed by atoms with Gasteiger partial charge in [0.15, 0.2) is 0 Å². The molecule has 2 aromatic carbocycles. The fraction of sp³-hybridized carbons (Fsp3) is 0.500. The Labute approximate surface area is 254 Å². The number of hydrogen-bond acceptors (Lipinski definition) is 6. The number of carbonyl (C=O) groups is 2. The quantitative estimate of drug-likeness (QED) is 0.372. The summed E-state index contributed by atoms with van der Waals surface area (Å²) in [5, 5.41) is 9.30. The number of halogens is 1. The minimum atomic E-state index is -4.15. The van der Waals surface area contributed by atoms with Crippen molar-refractivity contribution in [3.63, 3.8) is 0 Å². The van der Waals surface area contributed by atoms with Gasteiger partial charge in [-0.2, -0.15) is 4.31 Å². The molecule has 9 nitrogen and oxygen atoms in total. The van der Waals surface area contributed by atoms with Crippen LogP contribution in [0.25, 0.3) is 0 Å². The summed E-state index contributed by atoms with van der Waals surface area (Å²) in [6.45, 7) is 12.1. The van der Waals surface area contributed by atoms with Crippen LogP contribution in [0.1, 0.15) is 65.4 Å². The number of rotatable bonds is 10. The van der Waals surface area contributed by atoms with Gasteiger partial charge in [0.25, 0.3) is 0 Å². The van der Waals surface area contributed by atoms with Gasteiger partial charge in [0.1, 0.15) is 23.7 Å². The number of amides is 2. The molecule has 0 aliphatic carbocycles. The predicted octanol–water partition coefficient (Wildman–Crippen LogP) is 4.04. The molecule has 2 aliphatic rings. The van der Waals surface area contributed by atoms with E-state index in [-0.39, 0.29) is 47.9 Å². The summed E-state index contributed by atoms with van der Waals surface area (Å²) >= 11 is 0. The Balaban J connectivity index is 1.56. The maximum Gasteiger partial charge on any atom is 0.243 e. The molecule has 43 heavy (non-hydrogen) atoms. The van der Waals surface area contributed by atoms with Crippen LogP contribution >= 0.6 is 0 Å². The molecule has 0 saturated carbocycles. The van der Waals surface area contributed by atoms with Crippen LogP contribution < -0.4 is 20.7 Å². The largest absolute Gasteiger partial charge is 0.491 e. The second-order valence-electron chi connectivity index (χ2n) is 12.4. The lowest BCUT2D eigenvalue weighted by Gasteiger charge is -2.39. The van der Waals surface area contributed by atoms with Gasteiger partial charge in [-0.15, -0.1) is 0 Å². The molecular formula is C32H43FN4O5S. The molecule has 3 N–H and O–H groups in total. The van der Waals surface area contributed by atoms with Gasteiger partial charge in [-0.1, -0.05) is 31.2 Å². The highest BCUT2D eigenvalue weighted by Gasteiger charge is 2.39. The molecule has 0 bridgehead atoms. The first-order valence-electron chi connectivity index (χ1n) is 14.8. The molecule has 0 spiro atoms. The van der Waals surface area contributed by atoms with Gasteiger partial charge in [-0.3, -0.25) is 9.59 Å². The molecule has 2 amide bonds. The van der Waals surface area contributed by atoms with Crippen LogP contribution in [0, 0.1) is 5.82 Å². The zero-order chi connectivity index (χ0) is 31.4. The maximum absolute atomic E-state index is 13.9. The summed E-state index contributed by atoms with van der Waals surface area (Å²) in [5.41, 5.74) is 1.37. The van der Waals surface area contributed by atoms with E-state index in [1.165, 1.54) is 18.2 Å². The minimum Gasteiger partial charge on any atom is -0.491 e. The van der Waals surface area contributed by atoms with Crippen LogP contribution in [0.4, 0.5) is 4.39 Å². The van der Waals surface area contributed by atoms with Crippen LogP contribution in [-0.2, 0) is 26.0 Å². The third-order valence-electron chi connectivity index (χ3n) is 7.64. The van der Waals surface area contributed by atoms with E-state index in [1.807, 2.05) is 52.0 Å². The first-order valence-corrected chi connectivity index (χ1v) is 16.3. The summed E-state index contributed by atoms with van der Waals surface area (Å²) in [7, 11) is -4.15.